The summed E-state index contributed by atoms with van der Waals surface area (Å²) in [6.07, 6.45) is 11.6. The monoisotopic (exact) mass is 231 g/mol. The van der Waals surface area contributed by atoms with Crippen LogP contribution in [-0.2, 0) is 0 Å². The van der Waals surface area contributed by atoms with Crippen LogP contribution in [-0.4, -0.2) is 19.6 Å². The van der Waals surface area contributed by atoms with Crippen LogP contribution < -0.4 is 9.60 Å². The Hall–Kier alpha value is -0.110. The highest BCUT2D eigenvalue weighted by Crippen LogP contribution is 2.06. The van der Waals surface area contributed by atoms with Crippen LogP contribution in [0.2, 0.25) is 0 Å². The van der Waals surface area contributed by atoms with Crippen LogP contribution in [0.15, 0.2) is 0 Å². The largest absolute Gasteiger partial charge is 1.00 e. The van der Waals surface area contributed by atoms with Crippen LogP contribution in [0.25, 0.3) is 0 Å². The summed E-state index contributed by atoms with van der Waals surface area (Å²) in [6.45, 7) is 9.03. The highest BCUT2D eigenvalue weighted by molar-refractivity contribution is 4.55. The zero-order valence-corrected chi connectivity index (χ0v) is 11.2. The van der Waals surface area contributed by atoms with E-state index in [0.29, 0.717) is 0 Å². The average molecular weight is 231 g/mol. The minimum absolute atomic E-state index is 0. The van der Waals surface area contributed by atoms with Gasteiger partial charge in [0.05, 0.1) is 19.6 Å². The number of hydrogen-bond acceptors (Lipinski definition) is 0. The molecule has 1 N–H and O–H groups in total. The Labute approximate surface area is 101 Å². The van der Waals surface area contributed by atoms with Crippen molar-refractivity contribution in [3.8, 4) is 0 Å². The van der Waals surface area contributed by atoms with E-state index in [1.807, 2.05) is 4.90 Å². The predicted octanol–water partition coefficient (Wildman–Crippen LogP) is -0.334. The Balaban J connectivity index is 0.00000225. The van der Waals surface area contributed by atoms with Crippen LogP contribution in [0.3, 0.4) is 0 Å². The van der Waals surface area contributed by atoms with Gasteiger partial charge in [0.15, 0.2) is 0 Å². The molecule has 1 rings (SSSR count). The lowest BCUT2D eigenvalue weighted by Crippen LogP contribution is -3.13. The number of piperidine rings is 1. The maximum Gasteiger partial charge on any atom is 0.0796 e. The van der Waals surface area contributed by atoms with Crippen LogP contribution in [0.1, 0.15) is 65.2 Å². The lowest BCUT2D eigenvalue weighted by Gasteiger charge is -2.27. The third kappa shape index (κ3) is 7.21. The molecule has 0 amide bonds. The summed E-state index contributed by atoms with van der Waals surface area (Å²) < 4.78 is 0. The van der Waals surface area contributed by atoms with E-state index in [4.69, 9.17) is 0 Å². The predicted molar refractivity (Wildman–Crippen MR) is 67.3 cm³/mol. The quantitative estimate of drug-likeness (QED) is 0.572. The van der Waals surface area contributed by atoms with Gasteiger partial charge >= 0.3 is 0 Å². The molecule has 2 unspecified atom stereocenters. The summed E-state index contributed by atoms with van der Waals surface area (Å²) in [6, 6.07) is 0. The number of hydrogen-bond donors (Lipinski definition) is 1. The standard InChI is InChI=1S/C14H29N.FH/c1-3-4-5-6-7-8-11-15-12-9-10-14(2)13-15;/h14H,3-13H2,1-2H3;1H. The van der Waals surface area contributed by atoms with E-state index in [1.165, 1.54) is 71.0 Å². The lowest BCUT2D eigenvalue weighted by atomic mass is 10.00. The van der Waals surface area contributed by atoms with Crippen molar-refractivity contribution >= 4 is 0 Å². The van der Waals surface area contributed by atoms with Crippen molar-refractivity contribution in [3.63, 3.8) is 0 Å². The van der Waals surface area contributed by atoms with Gasteiger partial charge in [-0.2, -0.15) is 0 Å². The number of rotatable bonds is 7. The molecule has 16 heavy (non-hydrogen) atoms. The zero-order chi connectivity index (χ0) is 10.9. The zero-order valence-electron chi connectivity index (χ0n) is 11.2. The van der Waals surface area contributed by atoms with E-state index in [0.717, 1.165) is 5.92 Å². The van der Waals surface area contributed by atoms with Crippen LogP contribution >= 0.6 is 0 Å². The Bertz CT molecular complexity index is 150. The first-order valence-corrected chi connectivity index (χ1v) is 7.16. The van der Waals surface area contributed by atoms with Gasteiger partial charge in [-0.15, -0.1) is 0 Å². The molecule has 0 aromatic carbocycles. The van der Waals surface area contributed by atoms with E-state index < -0.39 is 0 Å². The molecule has 0 bridgehead atoms. The van der Waals surface area contributed by atoms with E-state index in [1.54, 1.807) is 0 Å². The van der Waals surface area contributed by atoms with Gasteiger partial charge in [0.1, 0.15) is 0 Å². The second-order valence-corrected chi connectivity index (χ2v) is 5.47. The Kier molecular flexibility index (Phi) is 10.0. The highest BCUT2D eigenvalue weighted by Gasteiger charge is 2.18. The lowest BCUT2D eigenvalue weighted by molar-refractivity contribution is -0.908. The summed E-state index contributed by atoms with van der Waals surface area (Å²) in [5.74, 6) is 0.980. The number of quaternary nitrogens is 1. The molecule has 1 saturated heterocycles. The third-order valence-corrected chi connectivity index (χ3v) is 3.75. The first kappa shape index (κ1) is 15.9. The molecule has 0 aromatic rings. The summed E-state index contributed by atoms with van der Waals surface area (Å²) in [5, 5.41) is 0. The van der Waals surface area contributed by atoms with E-state index in [9.17, 15) is 0 Å². The molecular formula is C14H30FN. The van der Waals surface area contributed by atoms with Crippen molar-refractivity contribution in [2.75, 3.05) is 19.6 Å². The Morgan fingerprint density at radius 1 is 1.06 bits per heavy atom. The fourth-order valence-corrected chi connectivity index (χ4v) is 2.78. The van der Waals surface area contributed by atoms with Gasteiger partial charge in [0.2, 0.25) is 0 Å². The SMILES string of the molecule is CCCCCCCC[NH+]1CCCC(C)C1.[F-]. The van der Waals surface area contributed by atoms with Gasteiger partial charge in [-0.1, -0.05) is 39.5 Å². The molecular weight excluding hydrogens is 201 g/mol. The summed E-state index contributed by atoms with van der Waals surface area (Å²) in [5.41, 5.74) is 0. The molecule has 1 fully saturated rings. The maximum absolute atomic E-state index is 2.42. The van der Waals surface area contributed by atoms with Crippen LogP contribution in [0, 0.1) is 5.92 Å². The van der Waals surface area contributed by atoms with Crippen LogP contribution in [0.5, 0.6) is 0 Å². The Morgan fingerprint density at radius 2 is 1.75 bits per heavy atom. The molecule has 98 valence electrons. The van der Waals surface area contributed by atoms with Gasteiger partial charge in [0.25, 0.3) is 0 Å². The molecule has 1 aliphatic rings. The number of halogens is 1. The number of nitrogens with one attached hydrogen (secondary N) is 1. The molecule has 2 atom stereocenters. The molecule has 1 nitrogen and oxygen atoms in total. The molecule has 2 heteroatoms. The molecule has 0 aromatic heterocycles. The van der Waals surface area contributed by atoms with Gasteiger partial charge in [-0.25, -0.2) is 0 Å². The minimum atomic E-state index is 0. The molecule has 0 saturated carbocycles. The van der Waals surface area contributed by atoms with Crippen molar-refractivity contribution in [2.45, 2.75) is 65.2 Å². The second-order valence-electron chi connectivity index (χ2n) is 5.47. The third-order valence-electron chi connectivity index (χ3n) is 3.75. The molecule has 1 aliphatic heterocycles. The van der Waals surface area contributed by atoms with Gasteiger partial charge in [-0.3, -0.25) is 0 Å². The fraction of sp³-hybridized carbons (Fsp3) is 1.00. The fourth-order valence-electron chi connectivity index (χ4n) is 2.78. The smallest absolute Gasteiger partial charge is 0.0796 e. The second kappa shape index (κ2) is 10.1. The molecule has 0 spiro atoms. The van der Waals surface area contributed by atoms with Crippen molar-refractivity contribution in [2.24, 2.45) is 5.92 Å². The maximum atomic E-state index is 2.42. The van der Waals surface area contributed by atoms with E-state index in [-0.39, 0.29) is 4.70 Å². The number of likely N-dealkylation sites (tertiary alicyclic amines) is 1. The van der Waals surface area contributed by atoms with Crippen molar-refractivity contribution < 1.29 is 9.60 Å². The minimum Gasteiger partial charge on any atom is -1.00 e. The topological polar surface area (TPSA) is 4.44 Å². The van der Waals surface area contributed by atoms with Crippen molar-refractivity contribution in [1.82, 2.24) is 0 Å². The average Bonchev–Trinajstić information content (AvgIpc) is 2.23. The number of unbranched alkanes of at least 4 members (excludes halogenated alkanes) is 5. The van der Waals surface area contributed by atoms with Crippen LogP contribution in [0.4, 0.5) is 0 Å². The first-order chi connectivity index (χ1) is 7.33. The summed E-state index contributed by atoms with van der Waals surface area (Å²) in [4.78, 5) is 1.88. The molecule has 0 aliphatic carbocycles. The molecule has 0 radical (unpaired) electrons. The Morgan fingerprint density at radius 3 is 2.44 bits per heavy atom. The first-order valence-electron chi connectivity index (χ1n) is 7.16. The molecule has 1 heterocycles. The summed E-state index contributed by atoms with van der Waals surface area (Å²) >= 11 is 0. The van der Waals surface area contributed by atoms with Gasteiger partial charge in [0, 0.05) is 5.92 Å². The van der Waals surface area contributed by atoms with E-state index >= 15 is 0 Å². The van der Waals surface area contributed by atoms with Gasteiger partial charge < -0.3 is 9.60 Å². The normalized spacial score (nSPS) is 25.1. The van der Waals surface area contributed by atoms with Gasteiger partial charge in [-0.05, 0) is 25.7 Å². The van der Waals surface area contributed by atoms with Crippen molar-refractivity contribution in [3.05, 3.63) is 0 Å². The summed E-state index contributed by atoms with van der Waals surface area (Å²) in [7, 11) is 0. The van der Waals surface area contributed by atoms with Crippen molar-refractivity contribution in [1.29, 1.82) is 0 Å². The highest BCUT2D eigenvalue weighted by atomic mass is 19.0. The van der Waals surface area contributed by atoms with E-state index in [2.05, 4.69) is 13.8 Å².